The van der Waals surface area contributed by atoms with E-state index < -0.39 is 0 Å². The summed E-state index contributed by atoms with van der Waals surface area (Å²) in [5, 5.41) is 6.68. The van der Waals surface area contributed by atoms with E-state index in [1.54, 1.807) is 6.33 Å². The number of nitrogens with zero attached hydrogens (tertiary/aromatic N) is 2. The quantitative estimate of drug-likeness (QED) is 0.837. The maximum absolute atomic E-state index is 5.36. The molecule has 0 unspecified atom stereocenters. The van der Waals surface area contributed by atoms with Crippen LogP contribution in [0.1, 0.15) is 25.3 Å². The van der Waals surface area contributed by atoms with Crippen molar-refractivity contribution in [1.29, 1.82) is 0 Å². The summed E-state index contributed by atoms with van der Waals surface area (Å²) in [6.45, 7) is 7.72. The highest BCUT2D eigenvalue weighted by Gasteiger charge is 2.14. The van der Waals surface area contributed by atoms with Crippen LogP contribution in [0.4, 0.5) is 11.6 Å². The lowest BCUT2D eigenvalue weighted by atomic mass is 10.0. The Bertz CT molecular complexity index is 377. The van der Waals surface area contributed by atoms with Gasteiger partial charge in [0.2, 0.25) is 0 Å². The van der Waals surface area contributed by atoms with Gasteiger partial charge < -0.3 is 15.4 Å². The Labute approximate surface area is 108 Å². The minimum Gasteiger partial charge on any atom is -0.381 e. The van der Waals surface area contributed by atoms with Gasteiger partial charge in [-0.3, -0.25) is 0 Å². The number of rotatable bonds is 5. The lowest BCUT2D eigenvalue weighted by Gasteiger charge is -2.23. The van der Waals surface area contributed by atoms with E-state index in [1.165, 1.54) is 0 Å². The second-order valence-electron chi connectivity index (χ2n) is 4.66. The molecule has 0 bridgehead atoms. The van der Waals surface area contributed by atoms with Crippen molar-refractivity contribution in [2.75, 3.05) is 36.9 Å². The van der Waals surface area contributed by atoms with Crippen LogP contribution in [-0.2, 0) is 4.74 Å². The van der Waals surface area contributed by atoms with Gasteiger partial charge >= 0.3 is 0 Å². The Kier molecular flexibility index (Phi) is 4.75. The molecule has 5 nitrogen and oxygen atoms in total. The third-order valence-corrected chi connectivity index (χ3v) is 3.33. The fraction of sp³-hybridized carbons (Fsp3) is 0.692. The van der Waals surface area contributed by atoms with Crippen LogP contribution in [0.15, 0.2) is 6.33 Å². The highest BCUT2D eigenvalue weighted by Crippen LogP contribution is 2.20. The van der Waals surface area contributed by atoms with Gasteiger partial charge in [-0.05, 0) is 32.6 Å². The fourth-order valence-corrected chi connectivity index (χ4v) is 2.17. The predicted molar refractivity (Wildman–Crippen MR) is 73.0 cm³/mol. The normalized spacial score (nSPS) is 16.6. The molecule has 0 amide bonds. The van der Waals surface area contributed by atoms with Crippen molar-refractivity contribution in [2.24, 2.45) is 5.92 Å². The molecule has 2 rings (SSSR count). The second-order valence-corrected chi connectivity index (χ2v) is 4.66. The van der Waals surface area contributed by atoms with Crippen molar-refractivity contribution in [2.45, 2.75) is 26.7 Å². The minimum atomic E-state index is 0.690. The average Bonchev–Trinajstić information content (AvgIpc) is 2.41. The van der Waals surface area contributed by atoms with E-state index in [1.807, 2.05) is 6.92 Å². The number of anilines is 2. The Balaban J connectivity index is 1.93. The molecule has 1 aromatic heterocycles. The molecule has 5 heteroatoms. The van der Waals surface area contributed by atoms with Gasteiger partial charge in [-0.1, -0.05) is 0 Å². The van der Waals surface area contributed by atoms with E-state index in [0.29, 0.717) is 5.92 Å². The number of hydrogen-bond donors (Lipinski definition) is 2. The van der Waals surface area contributed by atoms with Gasteiger partial charge in [-0.15, -0.1) is 0 Å². The molecule has 2 N–H and O–H groups in total. The number of nitrogens with one attached hydrogen (secondary N) is 2. The van der Waals surface area contributed by atoms with Crippen LogP contribution in [0.25, 0.3) is 0 Å². The van der Waals surface area contributed by atoms with Crippen molar-refractivity contribution < 1.29 is 4.74 Å². The Morgan fingerprint density at radius 2 is 1.89 bits per heavy atom. The molecule has 100 valence electrons. The monoisotopic (exact) mass is 250 g/mol. The lowest BCUT2D eigenvalue weighted by molar-refractivity contribution is 0.0699. The third-order valence-electron chi connectivity index (χ3n) is 3.33. The molecule has 1 aromatic rings. The molecule has 18 heavy (non-hydrogen) atoms. The van der Waals surface area contributed by atoms with Crippen molar-refractivity contribution >= 4 is 11.6 Å². The maximum Gasteiger partial charge on any atom is 0.134 e. The molecule has 0 atom stereocenters. The summed E-state index contributed by atoms with van der Waals surface area (Å²) >= 11 is 0. The number of hydrogen-bond acceptors (Lipinski definition) is 5. The number of ether oxygens (including phenoxy) is 1. The van der Waals surface area contributed by atoms with E-state index in [-0.39, 0.29) is 0 Å². The van der Waals surface area contributed by atoms with Crippen LogP contribution < -0.4 is 10.6 Å². The fourth-order valence-electron chi connectivity index (χ4n) is 2.17. The molecule has 2 heterocycles. The average molecular weight is 250 g/mol. The topological polar surface area (TPSA) is 59.1 Å². The molecule has 0 spiro atoms. The zero-order valence-corrected chi connectivity index (χ0v) is 11.2. The summed E-state index contributed by atoms with van der Waals surface area (Å²) in [6, 6.07) is 0. The van der Waals surface area contributed by atoms with Gasteiger partial charge in [-0.25, -0.2) is 9.97 Å². The summed E-state index contributed by atoms with van der Waals surface area (Å²) in [4.78, 5) is 8.55. The summed E-state index contributed by atoms with van der Waals surface area (Å²) < 4.78 is 5.36. The smallest absolute Gasteiger partial charge is 0.134 e. The van der Waals surface area contributed by atoms with Crippen LogP contribution in [0.5, 0.6) is 0 Å². The maximum atomic E-state index is 5.36. The molecule has 0 aliphatic carbocycles. The molecule has 0 radical (unpaired) electrons. The Hall–Kier alpha value is -1.36. The van der Waals surface area contributed by atoms with Crippen molar-refractivity contribution in [3.8, 4) is 0 Å². The first-order valence-corrected chi connectivity index (χ1v) is 6.68. The number of aromatic nitrogens is 2. The van der Waals surface area contributed by atoms with E-state index in [9.17, 15) is 0 Å². The van der Waals surface area contributed by atoms with Gasteiger partial charge in [0.05, 0.1) is 0 Å². The standard InChI is InChI=1S/C13H22N4O/c1-3-14-12-10(2)13(17-9-16-12)15-8-11-4-6-18-7-5-11/h9,11H,3-8H2,1-2H3,(H2,14,15,16,17). The van der Waals surface area contributed by atoms with E-state index in [4.69, 9.17) is 4.74 Å². The van der Waals surface area contributed by atoms with Crippen molar-refractivity contribution in [3.05, 3.63) is 11.9 Å². The first kappa shape index (κ1) is 13.1. The molecular formula is C13H22N4O. The zero-order valence-electron chi connectivity index (χ0n) is 11.2. The first-order valence-electron chi connectivity index (χ1n) is 6.68. The Morgan fingerprint density at radius 3 is 2.56 bits per heavy atom. The van der Waals surface area contributed by atoms with Gasteiger partial charge in [0.1, 0.15) is 18.0 Å². The largest absolute Gasteiger partial charge is 0.381 e. The molecule has 1 aliphatic rings. The third kappa shape index (κ3) is 3.32. The van der Waals surface area contributed by atoms with Crippen LogP contribution in [0.3, 0.4) is 0 Å². The summed E-state index contributed by atoms with van der Waals surface area (Å²) in [5.41, 5.74) is 1.09. The summed E-state index contributed by atoms with van der Waals surface area (Å²) in [7, 11) is 0. The van der Waals surface area contributed by atoms with E-state index in [0.717, 1.165) is 56.3 Å². The van der Waals surface area contributed by atoms with Gasteiger partial charge in [0.15, 0.2) is 0 Å². The lowest BCUT2D eigenvalue weighted by Crippen LogP contribution is -2.23. The second kappa shape index (κ2) is 6.54. The van der Waals surface area contributed by atoms with Crippen molar-refractivity contribution in [1.82, 2.24) is 9.97 Å². The molecule has 0 saturated carbocycles. The van der Waals surface area contributed by atoms with Gasteiger partial charge in [-0.2, -0.15) is 0 Å². The molecule has 1 fully saturated rings. The predicted octanol–water partition coefficient (Wildman–Crippen LogP) is 2.06. The summed E-state index contributed by atoms with van der Waals surface area (Å²) in [5.74, 6) is 2.55. The van der Waals surface area contributed by atoms with Crippen LogP contribution >= 0.6 is 0 Å². The molecular weight excluding hydrogens is 228 g/mol. The van der Waals surface area contributed by atoms with Crippen molar-refractivity contribution in [3.63, 3.8) is 0 Å². The minimum absolute atomic E-state index is 0.690. The van der Waals surface area contributed by atoms with Crippen LogP contribution in [0.2, 0.25) is 0 Å². The first-order chi connectivity index (χ1) is 8.81. The highest BCUT2D eigenvalue weighted by molar-refractivity contribution is 5.56. The van der Waals surface area contributed by atoms with Crippen LogP contribution in [-0.4, -0.2) is 36.3 Å². The molecule has 1 aliphatic heterocycles. The van der Waals surface area contributed by atoms with Gasteiger partial charge in [0.25, 0.3) is 0 Å². The van der Waals surface area contributed by atoms with E-state index >= 15 is 0 Å². The zero-order chi connectivity index (χ0) is 12.8. The summed E-state index contributed by atoms with van der Waals surface area (Å²) in [6.07, 6.45) is 3.88. The SMILES string of the molecule is CCNc1ncnc(NCC2CCOCC2)c1C. The van der Waals surface area contributed by atoms with Gasteiger partial charge in [0, 0.05) is 31.9 Å². The van der Waals surface area contributed by atoms with Crippen LogP contribution in [0, 0.1) is 12.8 Å². The highest BCUT2D eigenvalue weighted by atomic mass is 16.5. The Morgan fingerprint density at radius 1 is 1.22 bits per heavy atom. The molecule has 1 saturated heterocycles. The molecule has 0 aromatic carbocycles. The van der Waals surface area contributed by atoms with E-state index in [2.05, 4.69) is 27.5 Å².